The molecule has 0 bridgehead atoms. The highest BCUT2D eigenvalue weighted by molar-refractivity contribution is 7.84. The summed E-state index contributed by atoms with van der Waals surface area (Å²) in [5.41, 5.74) is 2.66. The van der Waals surface area contributed by atoms with E-state index in [4.69, 9.17) is 14.2 Å². The molecule has 5 aliphatic rings. The van der Waals surface area contributed by atoms with Crippen LogP contribution >= 0.6 is 0 Å². The molecule has 0 radical (unpaired) electrons. The molecule has 3 aliphatic carbocycles. The third-order valence-electron chi connectivity index (χ3n) is 13.3. The van der Waals surface area contributed by atoms with E-state index in [2.05, 4.69) is 13.0 Å². The SMILES string of the molecule is C[C@]12CC[C@@H]3c4ccc(OC(=O)N5CCC6(CCOCC6)CC5)cc4C[C@@H](CCCS(=O)CCCC(F)(F)C(F)(F)F)[C@H]3[C@@H]1CC[C@@H]2OCCO. The summed E-state index contributed by atoms with van der Waals surface area (Å²) in [6, 6.07) is 6.05. The van der Waals surface area contributed by atoms with Gasteiger partial charge < -0.3 is 24.2 Å². The van der Waals surface area contributed by atoms with Gasteiger partial charge in [0.05, 0.1) is 19.3 Å². The maximum atomic E-state index is 13.4. The zero-order valence-electron chi connectivity index (χ0n) is 29.7. The summed E-state index contributed by atoms with van der Waals surface area (Å²) < 4.78 is 94.9. The van der Waals surface area contributed by atoms with Crippen LogP contribution in [0.25, 0.3) is 0 Å². The molecule has 4 fully saturated rings. The number of carbonyl (C=O) groups excluding carboxylic acids is 1. The van der Waals surface area contributed by atoms with E-state index in [9.17, 15) is 36.1 Å². The number of alkyl halides is 5. The van der Waals surface area contributed by atoms with Gasteiger partial charge in [0.2, 0.25) is 0 Å². The molecular formula is C38H54F5NO6S. The molecule has 288 valence electrons. The lowest BCUT2D eigenvalue weighted by Crippen LogP contribution is -2.48. The average Bonchev–Trinajstić information content (AvgIpc) is 3.43. The highest BCUT2D eigenvalue weighted by Crippen LogP contribution is 2.63. The quantitative estimate of drug-likeness (QED) is 0.218. The fraction of sp³-hybridized carbons (Fsp3) is 0.816. The molecule has 13 heteroatoms. The number of benzene rings is 1. The van der Waals surface area contributed by atoms with E-state index in [1.807, 2.05) is 12.1 Å². The van der Waals surface area contributed by atoms with Gasteiger partial charge in [-0.2, -0.15) is 22.0 Å². The van der Waals surface area contributed by atoms with Crippen LogP contribution in [0.2, 0.25) is 0 Å². The van der Waals surface area contributed by atoms with Crippen LogP contribution in [-0.2, 0) is 26.7 Å². The standard InChI is InChI=1S/C38H54F5NO6S/c1-35-11-9-30-29-6-5-28(50-34(46)44-16-12-36(13-17-44)14-19-48-20-15-36)25-27(29)24-26(33(30)31(35)7-8-32(35)49-21-18-45)4-2-22-51(47)23-3-10-37(39,40)38(41,42)43/h5-6,25-26,30-33,45H,2-4,7-24H2,1H3/t26-,30-,31+,32+,33-,35+,51?/m1/s1. The highest BCUT2D eigenvalue weighted by Gasteiger charge is 2.58. The summed E-state index contributed by atoms with van der Waals surface area (Å²) in [4.78, 5) is 15.1. The summed E-state index contributed by atoms with van der Waals surface area (Å²) in [6.07, 6.45) is 2.32. The van der Waals surface area contributed by atoms with Crippen LogP contribution in [0.4, 0.5) is 26.7 Å². The summed E-state index contributed by atoms with van der Waals surface area (Å²) in [5.74, 6) is -2.91. The van der Waals surface area contributed by atoms with E-state index in [1.165, 1.54) is 5.56 Å². The second kappa shape index (κ2) is 15.9. The molecule has 2 saturated carbocycles. The first-order chi connectivity index (χ1) is 24.3. The second-order valence-corrected chi connectivity index (χ2v) is 17.8. The number of rotatable bonds is 12. The van der Waals surface area contributed by atoms with Crippen molar-refractivity contribution in [2.24, 2.45) is 28.6 Å². The van der Waals surface area contributed by atoms with Crippen molar-refractivity contribution in [3.63, 3.8) is 0 Å². The summed E-state index contributed by atoms with van der Waals surface area (Å²) in [6.45, 7) is 5.51. The minimum absolute atomic E-state index is 0.0227. The first-order valence-electron chi connectivity index (χ1n) is 18.9. The molecule has 1 spiro atoms. The lowest BCUT2D eigenvalue weighted by atomic mass is 9.52. The number of carbonyl (C=O) groups is 1. The van der Waals surface area contributed by atoms with Gasteiger partial charge in [0.25, 0.3) is 0 Å². The zero-order chi connectivity index (χ0) is 36.4. The van der Waals surface area contributed by atoms with Gasteiger partial charge in [-0.05, 0) is 135 Å². The molecule has 1 unspecified atom stereocenters. The largest absolute Gasteiger partial charge is 0.453 e. The Hall–Kier alpha value is -1.83. The third-order valence-corrected chi connectivity index (χ3v) is 14.7. The smallest absolute Gasteiger partial charge is 0.410 e. The molecule has 1 aromatic rings. The Labute approximate surface area is 300 Å². The number of nitrogens with zero attached hydrogens (tertiary/aromatic N) is 1. The molecule has 0 aromatic heterocycles. The average molecular weight is 748 g/mol. The van der Waals surface area contributed by atoms with E-state index in [1.54, 1.807) is 4.90 Å². The molecule has 7 nitrogen and oxygen atoms in total. The number of ether oxygens (including phenoxy) is 3. The molecular weight excluding hydrogens is 693 g/mol. The molecule has 51 heavy (non-hydrogen) atoms. The van der Waals surface area contributed by atoms with Crippen molar-refractivity contribution in [3.05, 3.63) is 29.3 Å². The minimum atomic E-state index is -5.60. The van der Waals surface area contributed by atoms with E-state index >= 15 is 0 Å². The Bertz CT molecular complexity index is 1380. The number of hydrogen-bond acceptors (Lipinski definition) is 6. The van der Waals surface area contributed by atoms with Crippen LogP contribution in [0.3, 0.4) is 0 Å². The van der Waals surface area contributed by atoms with Crippen molar-refractivity contribution in [1.29, 1.82) is 0 Å². The predicted octanol–water partition coefficient (Wildman–Crippen LogP) is 8.04. The first-order valence-corrected chi connectivity index (χ1v) is 20.4. The van der Waals surface area contributed by atoms with Gasteiger partial charge in [0.1, 0.15) is 5.75 Å². The van der Waals surface area contributed by atoms with Crippen LogP contribution in [0.5, 0.6) is 5.75 Å². The number of amides is 1. The molecule has 1 aromatic carbocycles. The number of fused-ring (bicyclic) bond motifs is 5. The number of piperidine rings is 1. The number of aliphatic hydroxyl groups is 1. The topological polar surface area (TPSA) is 85.3 Å². The number of hydrogen-bond donors (Lipinski definition) is 1. The molecule has 2 aliphatic heterocycles. The van der Waals surface area contributed by atoms with E-state index in [0.29, 0.717) is 49.6 Å². The van der Waals surface area contributed by atoms with Crippen LogP contribution in [0, 0.1) is 28.6 Å². The Morgan fingerprint density at radius 1 is 1.02 bits per heavy atom. The van der Waals surface area contributed by atoms with Crippen molar-refractivity contribution in [1.82, 2.24) is 4.90 Å². The second-order valence-electron chi connectivity index (χ2n) is 16.1. The van der Waals surface area contributed by atoms with Gasteiger partial charge >= 0.3 is 18.2 Å². The van der Waals surface area contributed by atoms with Crippen molar-refractivity contribution >= 4 is 16.9 Å². The molecule has 6 rings (SSSR count). The van der Waals surface area contributed by atoms with E-state index in [0.717, 1.165) is 83.0 Å². The molecule has 2 heterocycles. The lowest BCUT2D eigenvalue weighted by Gasteiger charge is -2.53. The summed E-state index contributed by atoms with van der Waals surface area (Å²) in [5, 5.41) is 9.45. The molecule has 1 N–H and O–H groups in total. The number of aliphatic hydroxyl groups excluding tert-OH is 1. The maximum absolute atomic E-state index is 13.4. The van der Waals surface area contributed by atoms with Crippen molar-refractivity contribution in [2.45, 2.75) is 115 Å². The first kappa shape index (κ1) is 38.9. The highest BCUT2D eigenvalue weighted by atomic mass is 32.2. The van der Waals surface area contributed by atoms with Crippen LogP contribution in [0.1, 0.15) is 101 Å². The van der Waals surface area contributed by atoms with E-state index < -0.39 is 35.7 Å². The van der Waals surface area contributed by atoms with Crippen LogP contribution in [0.15, 0.2) is 18.2 Å². The number of halogens is 5. The van der Waals surface area contributed by atoms with Gasteiger partial charge in [-0.1, -0.05) is 13.0 Å². The van der Waals surface area contributed by atoms with E-state index in [-0.39, 0.29) is 47.1 Å². The Morgan fingerprint density at radius 2 is 1.75 bits per heavy atom. The maximum Gasteiger partial charge on any atom is 0.453 e. The predicted molar refractivity (Wildman–Crippen MR) is 183 cm³/mol. The monoisotopic (exact) mass is 747 g/mol. The van der Waals surface area contributed by atoms with Gasteiger partial charge in [-0.15, -0.1) is 0 Å². The van der Waals surface area contributed by atoms with Gasteiger partial charge in [0, 0.05) is 55.0 Å². The fourth-order valence-corrected chi connectivity index (χ4v) is 11.5. The Balaban J connectivity index is 1.12. The zero-order valence-corrected chi connectivity index (χ0v) is 30.5. The molecule has 7 atom stereocenters. The van der Waals surface area contributed by atoms with Gasteiger partial charge in [-0.3, -0.25) is 4.21 Å². The normalized spacial score (nSPS) is 31.1. The minimum Gasteiger partial charge on any atom is -0.410 e. The Kier molecular flexibility index (Phi) is 12.1. The van der Waals surface area contributed by atoms with Crippen molar-refractivity contribution < 1.29 is 50.3 Å². The van der Waals surface area contributed by atoms with Crippen molar-refractivity contribution in [3.8, 4) is 5.75 Å². The van der Waals surface area contributed by atoms with Gasteiger partial charge in [-0.25, -0.2) is 4.79 Å². The summed E-state index contributed by atoms with van der Waals surface area (Å²) >= 11 is 0. The summed E-state index contributed by atoms with van der Waals surface area (Å²) in [7, 11) is -1.49. The molecule has 2 saturated heterocycles. The Morgan fingerprint density at radius 3 is 2.45 bits per heavy atom. The van der Waals surface area contributed by atoms with Crippen LogP contribution in [-0.4, -0.2) is 89.5 Å². The van der Waals surface area contributed by atoms with Gasteiger partial charge in [0.15, 0.2) is 0 Å². The lowest BCUT2D eigenvalue weighted by molar-refractivity contribution is -0.284. The van der Waals surface area contributed by atoms with Crippen molar-refractivity contribution in [2.75, 3.05) is 51.0 Å². The fourth-order valence-electron chi connectivity index (χ4n) is 10.4. The van der Waals surface area contributed by atoms with Crippen LogP contribution < -0.4 is 4.74 Å². The number of likely N-dealkylation sites (tertiary alicyclic amines) is 1. The third kappa shape index (κ3) is 8.46. The molecule has 1 amide bonds.